The molecule has 6 heteroatoms. The number of carbonyl (C=O) groups is 2. The van der Waals surface area contributed by atoms with E-state index < -0.39 is 0 Å². The zero-order chi connectivity index (χ0) is 13.8. The Hall–Kier alpha value is -1.95. The fourth-order valence-corrected chi connectivity index (χ4v) is 1.89. The molecule has 2 rings (SSSR count). The third-order valence-electron chi connectivity index (χ3n) is 2.80. The number of thiocarbonyl (C=S) groups is 1. The number of nitrogens with one attached hydrogen (secondary N) is 3. The molecular formula is C13H15N3O2S. The molecule has 0 aliphatic heterocycles. The lowest BCUT2D eigenvalue weighted by molar-refractivity contribution is -0.117. The lowest BCUT2D eigenvalue weighted by Crippen LogP contribution is -2.47. The van der Waals surface area contributed by atoms with Gasteiger partial charge in [-0.05, 0) is 48.7 Å². The third kappa shape index (κ3) is 4.03. The summed E-state index contributed by atoms with van der Waals surface area (Å²) >= 11 is 4.80. The van der Waals surface area contributed by atoms with E-state index in [0.29, 0.717) is 11.5 Å². The van der Waals surface area contributed by atoms with Gasteiger partial charge in [-0.1, -0.05) is 12.1 Å². The van der Waals surface area contributed by atoms with Gasteiger partial charge in [0.25, 0.3) is 5.91 Å². The molecule has 0 spiro atoms. The summed E-state index contributed by atoms with van der Waals surface area (Å²) in [6.07, 6.45) is 2.47. The standard InChI is InChI=1S/C13H15N3O2S/c1-8(17)14-13(19)16-15-12(18)11-6-4-10(5-7-11)9-2-3-9/h4-7,9H,2-3H2,1H3,(H,15,18)(H2,14,16,17,19). The smallest absolute Gasteiger partial charge is 0.269 e. The zero-order valence-electron chi connectivity index (χ0n) is 10.5. The molecule has 0 atom stereocenters. The second kappa shape index (κ2) is 5.79. The highest BCUT2D eigenvalue weighted by Gasteiger charge is 2.23. The molecule has 1 aliphatic carbocycles. The molecule has 100 valence electrons. The molecule has 1 aromatic rings. The average Bonchev–Trinajstić information content (AvgIpc) is 3.19. The molecule has 1 aromatic carbocycles. The Balaban J connectivity index is 1.85. The number of amides is 2. The van der Waals surface area contributed by atoms with Gasteiger partial charge in [-0.2, -0.15) is 0 Å². The van der Waals surface area contributed by atoms with E-state index in [-0.39, 0.29) is 16.9 Å². The minimum Gasteiger partial charge on any atom is -0.302 e. The molecular weight excluding hydrogens is 262 g/mol. The summed E-state index contributed by atoms with van der Waals surface area (Å²) in [5, 5.41) is 2.41. The number of hydrogen-bond acceptors (Lipinski definition) is 3. The molecule has 0 bridgehead atoms. The number of hydrogen-bond donors (Lipinski definition) is 3. The summed E-state index contributed by atoms with van der Waals surface area (Å²) in [6.45, 7) is 1.34. The van der Waals surface area contributed by atoms with E-state index >= 15 is 0 Å². The van der Waals surface area contributed by atoms with Crippen molar-refractivity contribution in [3.05, 3.63) is 35.4 Å². The first kappa shape index (κ1) is 13.5. The third-order valence-corrected chi connectivity index (χ3v) is 3.00. The SMILES string of the molecule is CC(=O)NC(=S)NNC(=O)c1ccc(C2CC2)cc1. The normalized spacial score (nSPS) is 13.5. The maximum absolute atomic E-state index is 11.8. The lowest BCUT2D eigenvalue weighted by atomic mass is 10.1. The molecule has 0 radical (unpaired) electrons. The highest BCUT2D eigenvalue weighted by molar-refractivity contribution is 7.80. The van der Waals surface area contributed by atoms with Crippen molar-refractivity contribution in [1.82, 2.24) is 16.2 Å². The van der Waals surface area contributed by atoms with Crippen molar-refractivity contribution in [3.8, 4) is 0 Å². The van der Waals surface area contributed by atoms with Crippen LogP contribution in [0.2, 0.25) is 0 Å². The van der Waals surface area contributed by atoms with Gasteiger partial charge in [0, 0.05) is 12.5 Å². The van der Waals surface area contributed by atoms with Crippen molar-refractivity contribution in [2.45, 2.75) is 25.7 Å². The van der Waals surface area contributed by atoms with Crippen molar-refractivity contribution in [1.29, 1.82) is 0 Å². The topological polar surface area (TPSA) is 70.2 Å². The monoisotopic (exact) mass is 277 g/mol. The Kier molecular flexibility index (Phi) is 4.11. The summed E-state index contributed by atoms with van der Waals surface area (Å²) in [7, 11) is 0. The van der Waals surface area contributed by atoms with Crippen LogP contribution in [0.5, 0.6) is 0 Å². The van der Waals surface area contributed by atoms with Gasteiger partial charge in [-0.15, -0.1) is 0 Å². The second-order valence-electron chi connectivity index (χ2n) is 4.49. The minimum atomic E-state index is -0.296. The van der Waals surface area contributed by atoms with Crippen molar-refractivity contribution in [2.24, 2.45) is 0 Å². The van der Waals surface area contributed by atoms with Gasteiger partial charge < -0.3 is 5.32 Å². The molecule has 1 aliphatic rings. The molecule has 3 N–H and O–H groups in total. The predicted octanol–water partition coefficient (Wildman–Crippen LogP) is 1.22. The van der Waals surface area contributed by atoms with E-state index in [2.05, 4.69) is 16.2 Å². The van der Waals surface area contributed by atoms with Gasteiger partial charge in [-0.3, -0.25) is 20.4 Å². The van der Waals surface area contributed by atoms with E-state index in [4.69, 9.17) is 12.2 Å². The molecule has 0 aromatic heterocycles. The molecule has 0 saturated heterocycles. The van der Waals surface area contributed by atoms with Gasteiger partial charge >= 0.3 is 0 Å². The summed E-state index contributed by atoms with van der Waals surface area (Å²) in [5.74, 6) is 0.0816. The van der Waals surface area contributed by atoms with E-state index in [1.807, 2.05) is 12.1 Å². The number of carbonyl (C=O) groups excluding carboxylic acids is 2. The Bertz CT molecular complexity index is 509. The van der Waals surface area contributed by atoms with Gasteiger partial charge in [0.1, 0.15) is 0 Å². The fraction of sp³-hybridized carbons (Fsp3) is 0.308. The molecule has 2 amide bonds. The van der Waals surface area contributed by atoms with Crippen LogP contribution in [0.1, 0.15) is 41.6 Å². The molecule has 19 heavy (non-hydrogen) atoms. The molecule has 0 unspecified atom stereocenters. The molecule has 1 fully saturated rings. The first-order valence-corrected chi connectivity index (χ1v) is 6.45. The molecule has 1 saturated carbocycles. The van der Waals surface area contributed by atoms with Crippen LogP contribution in [0.15, 0.2) is 24.3 Å². The van der Waals surface area contributed by atoms with Crippen molar-refractivity contribution in [3.63, 3.8) is 0 Å². The first-order valence-electron chi connectivity index (χ1n) is 6.04. The van der Waals surface area contributed by atoms with Crippen LogP contribution in [-0.4, -0.2) is 16.9 Å². The van der Waals surface area contributed by atoms with Crippen LogP contribution < -0.4 is 16.2 Å². The van der Waals surface area contributed by atoms with Crippen molar-refractivity contribution >= 4 is 29.1 Å². The van der Waals surface area contributed by atoms with Crippen LogP contribution >= 0.6 is 12.2 Å². The van der Waals surface area contributed by atoms with Crippen LogP contribution in [0, 0.1) is 0 Å². The van der Waals surface area contributed by atoms with Gasteiger partial charge in [0.15, 0.2) is 5.11 Å². The molecule has 0 heterocycles. The predicted molar refractivity (Wildman–Crippen MR) is 75.4 cm³/mol. The van der Waals surface area contributed by atoms with E-state index in [0.717, 1.165) is 0 Å². The van der Waals surface area contributed by atoms with Crippen molar-refractivity contribution in [2.75, 3.05) is 0 Å². The van der Waals surface area contributed by atoms with E-state index in [1.54, 1.807) is 12.1 Å². The first-order chi connectivity index (χ1) is 9.06. The lowest BCUT2D eigenvalue weighted by Gasteiger charge is -2.09. The Labute approximate surface area is 116 Å². The van der Waals surface area contributed by atoms with E-state index in [1.165, 1.54) is 25.3 Å². The van der Waals surface area contributed by atoms with Crippen LogP contribution in [0.3, 0.4) is 0 Å². The maximum Gasteiger partial charge on any atom is 0.269 e. The Morgan fingerprint density at radius 3 is 2.32 bits per heavy atom. The number of hydrazine groups is 1. The summed E-state index contributed by atoms with van der Waals surface area (Å²) in [5.41, 5.74) is 6.71. The summed E-state index contributed by atoms with van der Waals surface area (Å²) in [6, 6.07) is 7.51. The van der Waals surface area contributed by atoms with E-state index in [9.17, 15) is 9.59 Å². The second-order valence-corrected chi connectivity index (χ2v) is 4.89. The highest BCUT2D eigenvalue weighted by Crippen LogP contribution is 2.39. The number of benzene rings is 1. The largest absolute Gasteiger partial charge is 0.302 e. The highest BCUT2D eigenvalue weighted by atomic mass is 32.1. The Morgan fingerprint density at radius 2 is 1.79 bits per heavy atom. The van der Waals surface area contributed by atoms with Crippen LogP contribution in [0.25, 0.3) is 0 Å². The van der Waals surface area contributed by atoms with Gasteiger partial charge in [0.2, 0.25) is 5.91 Å². The van der Waals surface area contributed by atoms with Crippen LogP contribution in [-0.2, 0) is 4.79 Å². The van der Waals surface area contributed by atoms with Gasteiger partial charge in [0.05, 0.1) is 0 Å². The quantitative estimate of drug-likeness (QED) is 0.561. The van der Waals surface area contributed by atoms with Crippen LogP contribution in [0.4, 0.5) is 0 Å². The fourth-order valence-electron chi connectivity index (χ4n) is 1.70. The Morgan fingerprint density at radius 1 is 1.16 bits per heavy atom. The molecule has 5 nitrogen and oxygen atoms in total. The minimum absolute atomic E-state index is 0.0652. The van der Waals surface area contributed by atoms with Gasteiger partial charge in [-0.25, -0.2) is 0 Å². The zero-order valence-corrected chi connectivity index (χ0v) is 11.3. The summed E-state index contributed by atoms with van der Waals surface area (Å²) in [4.78, 5) is 22.5. The maximum atomic E-state index is 11.8. The number of rotatable bonds is 2. The average molecular weight is 277 g/mol. The summed E-state index contributed by atoms with van der Waals surface area (Å²) < 4.78 is 0. The van der Waals surface area contributed by atoms with Crippen molar-refractivity contribution < 1.29 is 9.59 Å².